The van der Waals surface area contributed by atoms with Gasteiger partial charge in [-0.25, -0.2) is 0 Å². The lowest BCUT2D eigenvalue weighted by Gasteiger charge is -2.10. The van der Waals surface area contributed by atoms with Gasteiger partial charge in [-0.3, -0.25) is 14.6 Å². The topological polar surface area (TPSA) is 131 Å². The Morgan fingerprint density at radius 1 is 1.62 bits per heavy atom. The normalized spacial score (nSPS) is 13.5. The van der Waals surface area contributed by atoms with Gasteiger partial charge in [0.2, 0.25) is 12.3 Å². The average molecular weight is 188 g/mol. The molecular formula is C6H12N4O3. The number of rotatable bonds is 6. The van der Waals surface area contributed by atoms with Gasteiger partial charge in [0.25, 0.3) is 0 Å². The number of nitrogens with two attached hydrogens (primary N) is 2. The first-order chi connectivity index (χ1) is 6.13. The summed E-state index contributed by atoms with van der Waals surface area (Å²) in [6, 6.07) is -1.11. The maximum Gasteiger partial charge on any atom is 0.247 e. The van der Waals surface area contributed by atoms with Crippen molar-refractivity contribution in [3.05, 3.63) is 0 Å². The zero-order valence-electron chi connectivity index (χ0n) is 6.93. The molecule has 13 heavy (non-hydrogen) atoms. The standard InChI is InChI=1S/C6H12N4O3/c7-5(9-1-2-11)4(6(8)13)10-3-12/h3-4,11H,1-2H2,(H2,7,9)(H2,8,13)(H,10,12). The molecule has 0 aliphatic carbocycles. The van der Waals surface area contributed by atoms with E-state index in [0.717, 1.165) is 0 Å². The lowest BCUT2D eigenvalue weighted by Crippen LogP contribution is -2.50. The van der Waals surface area contributed by atoms with E-state index in [1.54, 1.807) is 0 Å². The minimum Gasteiger partial charge on any atom is -0.394 e. The van der Waals surface area contributed by atoms with Gasteiger partial charge in [-0.1, -0.05) is 0 Å². The van der Waals surface area contributed by atoms with E-state index >= 15 is 0 Å². The van der Waals surface area contributed by atoms with E-state index in [1.807, 2.05) is 0 Å². The van der Waals surface area contributed by atoms with Crippen molar-refractivity contribution < 1.29 is 14.7 Å². The molecule has 0 heterocycles. The first-order valence-corrected chi connectivity index (χ1v) is 3.53. The molecule has 0 bridgehead atoms. The first kappa shape index (κ1) is 11.4. The highest BCUT2D eigenvalue weighted by Crippen LogP contribution is 1.82. The highest BCUT2D eigenvalue weighted by atomic mass is 16.3. The van der Waals surface area contributed by atoms with Crippen LogP contribution in [0.2, 0.25) is 0 Å². The van der Waals surface area contributed by atoms with Gasteiger partial charge in [0.15, 0.2) is 6.04 Å². The van der Waals surface area contributed by atoms with Crippen LogP contribution in [0.3, 0.4) is 0 Å². The largest absolute Gasteiger partial charge is 0.394 e. The van der Waals surface area contributed by atoms with Crippen molar-refractivity contribution in [3.8, 4) is 0 Å². The Hall–Kier alpha value is -1.63. The molecule has 1 unspecified atom stereocenters. The van der Waals surface area contributed by atoms with Gasteiger partial charge < -0.3 is 21.9 Å². The number of carbonyl (C=O) groups excluding carboxylic acids is 2. The van der Waals surface area contributed by atoms with E-state index in [0.29, 0.717) is 6.41 Å². The summed E-state index contributed by atoms with van der Waals surface area (Å²) in [4.78, 5) is 24.3. The Morgan fingerprint density at radius 3 is 2.62 bits per heavy atom. The number of aliphatic hydroxyl groups is 1. The summed E-state index contributed by atoms with van der Waals surface area (Å²) in [5, 5.41) is 10.5. The molecule has 6 N–H and O–H groups in total. The number of nitrogens with one attached hydrogen (secondary N) is 1. The molecule has 0 aromatic carbocycles. The number of hydrogen-bond acceptors (Lipinski definition) is 4. The number of hydrogen-bond donors (Lipinski definition) is 4. The van der Waals surface area contributed by atoms with Crippen LogP contribution in [0.15, 0.2) is 4.99 Å². The fraction of sp³-hybridized carbons (Fsp3) is 0.500. The van der Waals surface area contributed by atoms with Crippen LogP contribution in [-0.2, 0) is 9.59 Å². The summed E-state index contributed by atoms with van der Waals surface area (Å²) in [7, 11) is 0. The predicted molar refractivity (Wildman–Crippen MR) is 45.8 cm³/mol. The lowest BCUT2D eigenvalue weighted by molar-refractivity contribution is -0.121. The van der Waals surface area contributed by atoms with Gasteiger partial charge in [-0.05, 0) is 0 Å². The van der Waals surface area contributed by atoms with Crippen molar-refractivity contribution in [3.63, 3.8) is 0 Å². The van der Waals surface area contributed by atoms with Crippen molar-refractivity contribution >= 4 is 18.2 Å². The molecule has 1 atom stereocenters. The number of aliphatic imine (C=N–C) groups is 1. The molecule has 0 radical (unpaired) electrons. The molecule has 0 aliphatic heterocycles. The highest BCUT2D eigenvalue weighted by Gasteiger charge is 2.17. The van der Waals surface area contributed by atoms with Crippen molar-refractivity contribution in [1.82, 2.24) is 5.32 Å². The van der Waals surface area contributed by atoms with Gasteiger partial charge in [-0.2, -0.15) is 0 Å². The Kier molecular flexibility index (Phi) is 5.20. The van der Waals surface area contributed by atoms with E-state index in [9.17, 15) is 9.59 Å². The van der Waals surface area contributed by atoms with Gasteiger partial charge in [0.1, 0.15) is 5.84 Å². The van der Waals surface area contributed by atoms with Gasteiger partial charge in [-0.15, -0.1) is 0 Å². The van der Waals surface area contributed by atoms with Crippen molar-refractivity contribution in [1.29, 1.82) is 0 Å². The lowest BCUT2D eigenvalue weighted by atomic mass is 10.2. The summed E-state index contributed by atoms with van der Waals surface area (Å²) in [6.45, 7) is -0.122. The van der Waals surface area contributed by atoms with Crippen LogP contribution < -0.4 is 16.8 Å². The molecule has 0 fully saturated rings. The van der Waals surface area contributed by atoms with Crippen molar-refractivity contribution in [2.75, 3.05) is 13.2 Å². The minimum absolute atomic E-state index is 0.0656. The quantitative estimate of drug-likeness (QED) is 0.200. The highest BCUT2D eigenvalue weighted by molar-refractivity contribution is 6.06. The van der Waals surface area contributed by atoms with E-state index in [1.165, 1.54) is 0 Å². The molecule has 2 amide bonds. The third kappa shape index (κ3) is 4.06. The molecular weight excluding hydrogens is 176 g/mol. The molecule has 7 nitrogen and oxygen atoms in total. The summed E-state index contributed by atoms with van der Waals surface area (Å²) in [5.41, 5.74) is 10.2. The second kappa shape index (κ2) is 5.95. The predicted octanol–water partition coefficient (Wildman–Crippen LogP) is -3.06. The van der Waals surface area contributed by atoms with Crippen LogP contribution >= 0.6 is 0 Å². The number of amidine groups is 1. The smallest absolute Gasteiger partial charge is 0.247 e. The van der Waals surface area contributed by atoms with Gasteiger partial charge >= 0.3 is 0 Å². The van der Waals surface area contributed by atoms with E-state index in [-0.39, 0.29) is 19.0 Å². The number of nitrogens with zero attached hydrogens (tertiary/aromatic N) is 1. The van der Waals surface area contributed by atoms with Crippen LogP contribution in [0.25, 0.3) is 0 Å². The minimum atomic E-state index is -1.11. The van der Waals surface area contributed by atoms with E-state index in [2.05, 4.69) is 10.3 Å². The number of aliphatic hydroxyl groups excluding tert-OH is 1. The van der Waals surface area contributed by atoms with E-state index in [4.69, 9.17) is 16.6 Å². The number of carbonyl (C=O) groups is 2. The third-order valence-corrected chi connectivity index (χ3v) is 1.21. The number of amides is 2. The maximum absolute atomic E-state index is 10.7. The van der Waals surface area contributed by atoms with Crippen LogP contribution in [0.1, 0.15) is 0 Å². The summed E-state index contributed by atoms with van der Waals surface area (Å²) in [5.74, 6) is -0.917. The fourth-order valence-electron chi connectivity index (χ4n) is 0.652. The van der Waals surface area contributed by atoms with Crippen molar-refractivity contribution in [2.45, 2.75) is 6.04 Å². The van der Waals surface area contributed by atoms with E-state index < -0.39 is 11.9 Å². The first-order valence-electron chi connectivity index (χ1n) is 3.53. The summed E-state index contributed by atoms with van der Waals surface area (Å²) >= 11 is 0. The van der Waals surface area contributed by atoms with Crippen LogP contribution in [0.5, 0.6) is 0 Å². The maximum atomic E-state index is 10.7. The fourth-order valence-corrected chi connectivity index (χ4v) is 0.652. The van der Waals surface area contributed by atoms with Crippen LogP contribution in [-0.4, -0.2) is 42.5 Å². The SMILES string of the molecule is NC(=O)C(NC=O)C(N)=NCCO. The van der Waals surface area contributed by atoms with Crippen LogP contribution in [0, 0.1) is 0 Å². The zero-order valence-corrected chi connectivity index (χ0v) is 6.93. The molecule has 0 aromatic rings. The van der Waals surface area contributed by atoms with Gasteiger partial charge in [0.05, 0.1) is 13.2 Å². The molecule has 0 rings (SSSR count). The molecule has 0 aromatic heterocycles. The van der Waals surface area contributed by atoms with Crippen LogP contribution in [0.4, 0.5) is 0 Å². The molecule has 0 saturated carbocycles. The summed E-state index contributed by atoms with van der Waals surface area (Å²) in [6.07, 6.45) is 0.302. The Morgan fingerprint density at radius 2 is 2.23 bits per heavy atom. The average Bonchev–Trinajstić information content (AvgIpc) is 2.09. The molecule has 0 spiro atoms. The molecule has 0 aliphatic rings. The number of primary amides is 1. The Balaban J connectivity index is 4.34. The monoisotopic (exact) mass is 188 g/mol. The Labute approximate surface area is 74.8 Å². The van der Waals surface area contributed by atoms with Gasteiger partial charge in [0, 0.05) is 0 Å². The second-order valence-corrected chi connectivity index (χ2v) is 2.15. The second-order valence-electron chi connectivity index (χ2n) is 2.15. The van der Waals surface area contributed by atoms with Crippen molar-refractivity contribution in [2.24, 2.45) is 16.5 Å². The molecule has 7 heteroatoms. The zero-order chi connectivity index (χ0) is 10.3. The third-order valence-electron chi connectivity index (χ3n) is 1.21. The molecule has 0 saturated heterocycles. The summed E-state index contributed by atoms with van der Waals surface area (Å²) < 4.78 is 0. The molecule has 74 valence electrons. The Bertz CT molecular complexity index is 216.